The van der Waals surface area contributed by atoms with Crippen LogP contribution in [0.2, 0.25) is 0 Å². The summed E-state index contributed by atoms with van der Waals surface area (Å²) >= 11 is 1.71. The minimum absolute atomic E-state index is 0. The van der Waals surface area contributed by atoms with Crippen LogP contribution < -0.4 is 10.6 Å². The topological polar surface area (TPSA) is 49.3 Å². The molecule has 0 bridgehead atoms. The van der Waals surface area contributed by atoms with Gasteiger partial charge in [0.2, 0.25) is 0 Å². The first kappa shape index (κ1) is 21.2. The van der Waals surface area contributed by atoms with Crippen molar-refractivity contribution in [3.05, 3.63) is 52.0 Å². The standard InChI is InChI=1S/C20H28N4S.HI/c1-15(2)17-13-25-18(24-17)12-22-19(21-3)23-14-20(10-7-11-20)16-8-5-4-6-9-16;/h4-6,8-9,13,15H,7,10-12,14H2,1-3H3,(H2,21,22,23);1H. The summed E-state index contributed by atoms with van der Waals surface area (Å²) in [6.45, 7) is 5.99. The summed E-state index contributed by atoms with van der Waals surface area (Å²) < 4.78 is 0. The zero-order valence-corrected chi connectivity index (χ0v) is 18.9. The molecular formula is C20H29IN4S. The third-order valence-electron chi connectivity index (χ3n) is 5.08. The number of aromatic nitrogens is 1. The maximum Gasteiger partial charge on any atom is 0.191 e. The summed E-state index contributed by atoms with van der Waals surface area (Å²) in [5, 5.41) is 10.2. The predicted molar refractivity (Wildman–Crippen MR) is 122 cm³/mol. The largest absolute Gasteiger partial charge is 0.356 e. The number of benzene rings is 1. The SMILES string of the molecule is CN=C(NCc1nc(C(C)C)cs1)NCC1(c2ccccc2)CCC1.I. The Bertz CT molecular complexity index is 708. The minimum atomic E-state index is 0. The normalized spacial score (nSPS) is 15.9. The van der Waals surface area contributed by atoms with Gasteiger partial charge in [-0.05, 0) is 24.3 Å². The van der Waals surface area contributed by atoms with Gasteiger partial charge in [0.1, 0.15) is 5.01 Å². The van der Waals surface area contributed by atoms with Gasteiger partial charge in [-0.1, -0.05) is 50.6 Å². The number of hydrogen-bond donors (Lipinski definition) is 2. The summed E-state index contributed by atoms with van der Waals surface area (Å²) in [6.07, 6.45) is 3.79. The van der Waals surface area contributed by atoms with Crippen LogP contribution >= 0.6 is 35.3 Å². The van der Waals surface area contributed by atoms with Gasteiger partial charge < -0.3 is 10.6 Å². The van der Waals surface area contributed by atoms with Gasteiger partial charge in [-0.2, -0.15) is 0 Å². The summed E-state index contributed by atoms with van der Waals surface area (Å²) in [4.78, 5) is 9.04. The van der Waals surface area contributed by atoms with Crippen LogP contribution in [0.5, 0.6) is 0 Å². The highest BCUT2D eigenvalue weighted by Gasteiger charge is 2.38. The van der Waals surface area contributed by atoms with Crippen molar-refractivity contribution < 1.29 is 0 Å². The molecular weight excluding hydrogens is 455 g/mol. The second kappa shape index (κ2) is 9.69. The van der Waals surface area contributed by atoms with Crippen LogP contribution in [0.3, 0.4) is 0 Å². The van der Waals surface area contributed by atoms with Crippen molar-refractivity contribution >= 4 is 41.3 Å². The second-order valence-electron chi connectivity index (χ2n) is 7.10. The van der Waals surface area contributed by atoms with Crippen molar-refractivity contribution in [2.75, 3.05) is 13.6 Å². The minimum Gasteiger partial charge on any atom is -0.356 e. The Hall–Kier alpha value is -1.15. The number of nitrogens with one attached hydrogen (secondary N) is 2. The van der Waals surface area contributed by atoms with Crippen LogP contribution in [0.1, 0.15) is 55.3 Å². The third kappa shape index (κ3) is 4.97. The molecule has 6 heteroatoms. The molecule has 2 aromatic rings. The molecule has 4 nitrogen and oxygen atoms in total. The first-order valence-electron chi connectivity index (χ1n) is 9.07. The Morgan fingerprint density at radius 1 is 1.23 bits per heavy atom. The van der Waals surface area contributed by atoms with E-state index in [0.717, 1.165) is 24.1 Å². The van der Waals surface area contributed by atoms with E-state index >= 15 is 0 Å². The van der Waals surface area contributed by atoms with E-state index in [9.17, 15) is 0 Å². The quantitative estimate of drug-likeness (QED) is 0.356. The van der Waals surface area contributed by atoms with Crippen molar-refractivity contribution in [1.29, 1.82) is 0 Å². The number of guanidine groups is 1. The van der Waals surface area contributed by atoms with E-state index in [4.69, 9.17) is 0 Å². The molecule has 26 heavy (non-hydrogen) atoms. The Kier molecular flexibility index (Phi) is 7.88. The maximum absolute atomic E-state index is 4.67. The molecule has 0 radical (unpaired) electrons. The van der Waals surface area contributed by atoms with Crippen molar-refractivity contribution in [1.82, 2.24) is 15.6 Å². The van der Waals surface area contributed by atoms with Gasteiger partial charge in [0.05, 0.1) is 12.2 Å². The van der Waals surface area contributed by atoms with Crippen LogP contribution in [-0.4, -0.2) is 24.5 Å². The Morgan fingerprint density at radius 3 is 2.50 bits per heavy atom. The average molecular weight is 484 g/mol. The van der Waals surface area contributed by atoms with Crippen molar-refractivity contribution in [3.63, 3.8) is 0 Å². The van der Waals surface area contributed by atoms with Gasteiger partial charge >= 0.3 is 0 Å². The molecule has 0 unspecified atom stereocenters. The summed E-state index contributed by atoms with van der Waals surface area (Å²) in [5.74, 6) is 1.33. The molecule has 0 amide bonds. The number of hydrogen-bond acceptors (Lipinski definition) is 3. The fourth-order valence-corrected chi connectivity index (χ4v) is 4.16. The molecule has 3 rings (SSSR count). The van der Waals surface area contributed by atoms with Crippen molar-refractivity contribution in [2.45, 2.75) is 51.0 Å². The number of thiazole rings is 1. The van der Waals surface area contributed by atoms with E-state index in [1.165, 1.54) is 30.5 Å². The van der Waals surface area contributed by atoms with Gasteiger partial charge in [0.25, 0.3) is 0 Å². The Labute approximate surface area is 177 Å². The Balaban J connectivity index is 0.00000243. The van der Waals surface area contributed by atoms with Gasteiger partial charge in [0.15, 0.2) is 5.96 Å². The molecule has 0 saturated heterocycles. The third-order valence-corrected chi connectivity index (χ3v) is 5.95. The molecule has 1 aliphatic rings. The lowest BCUT2D eigenvalue weighted by molar-refractivity contribution is 0.244. The van der Waals surface area contributed by atoms with Crippen LogP contribution in [0.4, 0.5) is 0 Å². The molecule has 1 aliphatic carbocycles. The van der Waals surface area contributed by atoms with Crippen LogP contribution in [0, 0.1) is 0 Å². The van der Waals surface area contributed by atoms with Gasteiger partial charge in [-0.25, -0.2) is 4.98 Å². The molecule has 1 aromatic carbocycles. The van der Waals surface area contributed by atoms with E-state index in [-0.39, 0.29) is 29.4 Å². The fraction of sp³-hybridized carbons (Fsp3) is 0.500. The van der Waals surface area contributed by atoms with E-state index < -0.39 is 0 Å². The highest BCUT2D eigenvalue weighted by Crippen LogP contribution is 2.43. The molecule has 0 atom stereocenters. The number of aliphatic imine (C=N–C) groups is 1. The molecule has 142 valence electrons. The fourth-order valence-electron chi connectivity index (χ4n) is 3.27. The molecule has 1 saturated carbocycles. The van der Waals surface area contributed by atoms with Crippen LogP contribution in [0.25, 0.3) is 0 Å². The predicted octanol–water partition coefficient (Wildman–Crippen LogP) is 4.67. The van der Waals surface area contributed by atoms with Crippen LogP contribution in [0.15, 0.2) is 40.7 Å². The average Bonchev–Trinajstić information content (AvgIpc) is 3.07. The summed E-state index contributed by atoms with van der Waals surface area (Å²) in [6, 6.07) is 10.9. The lowest BCUT2D eigenvalue weighted by Gasteiger charge is -2.43. The van der Waals surface area contributed by atoms with E-state index in [1.807, 2.05) is 7.05 Å². The number of nitrogens with zero attached hydrogens (tertiary/aromatic N) is 2. The summed E-state index contributed by atoms with van der Waals surface area (Å²) in [5.41, 5.74) is 2.86. The molecule has 0 aliphatic heterocycles. The number of rotatable bonds is 6. The van der Waals surface area contributed by atoms with Crippen molar-refractivity contribution in [2.24, 2.45) is 4.99 Å². The highest BCUT2D eigenvalue weighted by molar-refractivity contribution is 14.0. The molecule has 1 heterocycles. The van der Waals surface area contributed by atoms with Crippen molar-refractivity contribution in [3.8, 4) is 0 Å². The zero-order chi connectivity index (χ0) is 17.7. The van der Waals surface area contributed by atoms with E-state index in [2.05, 4.69) is 70.2 Å². The Morgan fingerprint density at radius 2 is 1.96 bits per heavy atom. The monoisotopic (exact) mass is 484 g/mol. The molecule has 0 spiro atoms. The molecule has 1 fully saturated rings. The first-order chi connectivity index (χ1) is 12.1. The first-order valence-corrected chi connectivity index (χ1v) is 9.95. The zero-order valence-electron chi connectivity index (χ0n) is 15.8. The summed E-state index contributed by atoms with van der Waals surface area (Å²) in [7, 11) is 1.83. The molecule has 1 aromatic heterocycles. The second-order valence-corrected chi connectivity index (χ2v) is 8.04. The van der Waals surface area contributed by atoms with E-state index in [0.29, 0.717) is 5.92 Å². The van der Waals surface area contributed by atoms with Gasteiger partial charge in [0, 0.05) is 24.4 Å². The van der Waals surface area contributed by atoms with Gasteiger partial charge in [-0.3, -0.25) is 4.99 Å². The maximum atomic E-state index is 4.67. The lowest BCUT2D eigenvalue weighted by atomic mass is 9.64. The highest BCUT2D eigenvalue weighted by atomic mass is 127. The van der Waals surface area contributed by atoms with E-state index in [1.54, 1.807) is 11.3 Å². The van der Waals surface area contributed by atoms with Crippen LogP contribution in [-0.2, 0) is 12.0 Å². The number of halogens is 1. The molecule has 2 N–H and O–H groups in total. The smallest absolute Gasteiger partial charge is 0.191 e. The van der Waals surface area contributed by atoms with Gasteiger partial charge in [-0.15, -0.1) is 35.3 Å². The lowest BCUT2D eigenvalue weighted by Crippen LogP contribution is -2.48.